The number of aliphatic hydroxyl groups excluding tert-OH is 1. The third kappa shape index (κ3) is 5.07. The largest absolute Gasteiger partial charge is 0.465 e. The van der Waals surface area contributed by atoms with Gasteiger partial charge in [0, 0.05) is 23.6 Å². The predicted octanol–water partition coefficient (Wildman–Crippen LogP) is 7.00. The summed E-state index contributed by atoms with van der Waals surface area (Å²) >= 11 is 0. The van der Waals surface area contributed by atoms with Crippen LogP contribution in [0.4, 0.5) is 0 Å². The highest BCUT2D eigenvalue weighted by atomic mass is 16.5. The van der Waals surface area contributed by atoms with Gasteiger partial charge >= 0.3 is 5.97 Å². The molecule has 0 amide bonds. The minimum absolute atomic E-state index is 0.0445. The van der Waals surface area contributed by atoms with E-state index >= 15 is 0 Å². The molecule has 3 aromatic carbocycles. The van der Waals surface area contributed by atoms with Crippen LogP contribution in [0.3, 0.4) is 0 Å². The molecule has 40 heavy (non-hydrogen) atoms. The average molecular weight is 534 g/mol. The summed E-state index contributed by atoms with van der Waals surface area (Å²) in [5.74, 6) is 0.909. The van der Waals surface area contributed by atoms with Crippen molar-refractivity contribution < 1.29 is 14.6 Å². The number of aromatic amines is 1. The highest BCUT2D eigenvalue weighted by Gasteiger charge is 2.28. The second-order valence-corrected chi connectivity index (χ2v) is 10.7. The summed E-state index contributed by atoms with van der Waals surface area (Å²) in [6, 6.07) is 24.3. The number of rotatable bonds is 8. The summed E-state index contributed by atoms with van der Waals surface area (Å²) in [4.78, 5) is 21.0. The van der Waals surface area contributed by atoms with Crippen molar-refractivity contribution in [1.82, 2.24) is 14.5 Å². The summed E-state index contributed by atoms with van der Waals surface area (Å²) in [7, 11) is 1.42. The normalized spacial score (nSPS) is 14.1. The molecule has 0 spiro atoms. The van der Waals surface area contributed by atoms with Crippen molar-refractivity contribution in [3.8, 4) is 11.3 Å². The van der Waals surface area contributed by atoms with Gasteiger partial charge in [-0.05, 0) is 47.6 Å². The zero-order valence-corrected chi connectivity index (χ0v) is 22.9. The van der Waals surface area contributed by atoms with Crippen LogP contribution in [0.15, 0.2) is 79.0 Å². The summed E-state index contributed by atoms with van der Waals surface area (Å²) in [6.45, 7) is 0.467. The van der Waals surface area contributed by atoms with Crippen LogP contribution in [0, 0.1) is 0 Å². The molecule has 6 heteroatoms. The molecule has 2 N–H and O–H groups in total. The van der Waals surface area contributed by atoms with Crippen molar-refractivity contribution in [3.63, 3.8) is 0 Å². The Morgan fingerprint density at radius 3 is 2.58 bits per heavy atom. The molecule has 1 saturated carbocycles. The lowest BCUT2D eigenvalue weighted by molar-refractivity contribution is 0.0601. The average Bonchev–Trinajstić information content (AvgIpc) is 3.59. The van der Waals surface area contributed by atoms with Crippen LogP contribution >= 0.6 is 0 Å². The number of fused-ring (bicyclic) bond motifs is 1. The molecule has 6 nitrogen and oxygen atoms in total. The smallest absolute Gasteiger partial charge is 0.337 e. The highest BCUT2D eigenvalue weighted by molar-refractivity contribution is 5.99. The minimum atomic E-state index is -0.352. The highest BCUT2D eigenvalue weighted by Crippen LogP contribution is 2.45. The SMILES string of the molecule is COC(=O)c1ccc2c(C3CCCCC3)c(-c3ccccc3CO)n(Cc3nc(Cc4ccccc4)c[nH]3)c2c1. The molecule has 5 aromatic rings. The minimum Gasteiger partial charge on any atom is -0.465 e. The molecular weight excluding hydrogens is 498 g/mol. The van der Waals surface area contributed by atoms with E-state index in [-0.39, 0.29) is 12.6 Å². The maximum absolute atomic E-state index is 12.6. The number of methoxy groups -OCH3 is 1. The van der Waals surface area contributed by atoms with Gasteiger partial charge in [0.1, 0.15) is 5.82 Å². The lowest BCUT2D eigenvalue weighted by Gasteiger charge is -2.24. The lowest BCUT2D eigenvalue weighted by Crippen LogP contribution is -2.09. The summed E-state index contributed by atoms with van der Waals surface area (Å²) in [6.07, 6.45) is 8.68. The van der Waals surface area contributed by atoms with Crippen molar-refractivity contribution in [2.24, 2.45) is 0 Å². The zero-order chi connectivity index (χ0) is 27.5. The van der Waals surface area contributed by atoms with E-state index < -0.39 is 0 Å². The Balaban J connectivity index is 1.54. The zero-order valence-electron chi connectivity index (χ0n) is 22.9. The van der Waals surface area contributed by atoms with E-state index in [1.54, 1.807) is 0 Å². The number of nitrogens with one attached hydrogen (secondary N) is 1. The molecule has 2 aromatic heterocycles. The van der Waals surface area contributed by atoms with E-state index in [0.717, 1.165) is 58.5 Å². The van der Waals surface area contributed by atoms with Gasteiger partial charge in [-0.15, -0.1) is 0 Å². The molecule has 6 rings (SSSR count). The first kappa shape index (κ1) is 26.1. The van der Waals surface area contributed by atoms with E-state index in [1.807, 2.05) is 54.7 Å². The standard InChI is InChI=1S/C34H35N3O3/c1-40-34(39)25-16-17-29-30(19-25)37(21-31-35-20-27(36-31)18-23-10-4-2-5-11-23)33(28-15-9-8-14-26(28)22-38)32(29)24-12-6-3-7-13-24/h2,4-5,8-11,14-17,19-20,24,38H,3,6-7,12-13,18,21-22H2,1H3,(H,35,36). The van der Waals surface area contributed by atoms with Crippen LogP contribution in [0.5, 0.6) is 0 Å². The van der Waals surface area contributed by atoms with Gasteiger partial charge in [-0.25, -0.2) is 9.78 Å². The number of carbonyl (C=O) groups is 1. The molecule has 0 unspecified atom stereocenters. The van der Waals surface area contributed by atoms with Crippen LogP contribution < -0.4 is 0 Å². The Labute approximate surface area is 234 Å². The quantitative estimate of drug-likeness (QED) is 0.211. The monoisotopic (exact) mass is 533 g/mol. The molecule has 1 aliphatic rings. The molecule has 2 heterocycles. The third-order valence-corrected chi connectivity index (χ3v) is 8.20. The van der Waals surface area contributed by atoms with E-state index in [2.05, 4.69) is 33.8 Å². The molecule has 0 saturated heterocycles. The van der Waals surface area contributed by atoms with E-state index in [1.165, 1.54) is 37.5 Å². The van der Waals surface area contributed by atoms with Crippen LogP contribution in [0.1, 0.15) is 76.6 Å². The van der Waals surface area contributed by atoms with E-state index in [4.69, 9.17) is 9.72 Å². The Hall–Kier alpha value is -4.16. The lowest BCUT2D eigenvalue weighted by atomic mass is 9.81. The van der Waals surface area contributed by atoms with Crippen molar-refractivity contribution in [1.29, 1.82) is 0 Å². The fraction of sp³-hybridized carbons (Fsp3) is 0.294. The maximum atomic E-state index is 12.6. The number of benzene rings is 3. The summed E-state index contributed by atoms with van der Waals surface area (Å²) in [5.41, 5.74) is 8.03. The Kier molecular flexibility index (Phi) is 7.51. The van der Waals surface area contributed by atoms with Gasteiger partial charge < -0.3 is 19.4 Å². The van der Waals surface area contributed by atoms with Crippen LogP contribution in [-0.4, -0.2) is 32.7 Å². The number of H-pyrrole nitrogens is 1. The first-order valence-electron chi connectivity index (χ1n) is 14.2. The van der Waals surface area contributed by atoms with Gasteiger partial charge in [0.2, 0.25) is 0 Å². The topological polar surface area (TPSA) is 80.1 Å². The van der Waals surface area contributed by atoms with Crippen molar-refractivity contribution >= 4 is 16.9 Å². The Morgan fingerprint density at radius 1 is 1.02 bits per heavy atom. The number of esters is 1. The molecule has 1 fully saturated rings. The molecular formula is C34H35N3O3. The second-order valence-electron chi connectivity index (χ2n) is 10.7. The van der Waals surface area contributed by atoms with Gasteiger partial charge in [0.25, 0.3) is 0 Å². The number of nitrogens with zero attached hydrogens (tertiary/aromatic N) is 2. The van der Waals surface area contributed by atoms with Gasteiger partial charge in [-0.3, -0.25) is 0 Å². The maximum Gasteiger partial charge on any atom is 0.337 e. The van der Waals surface area contributed by atoms with Gasteiger partial charge in [-0.2, -0.15) is 0 Å². The molecule has 0 radical (unpaired) electrons. The Bertz CT molecular complexity index is 1630. The summed E-state index contributed by atoms with van der Waals surface area (Å²) in [5, 5.41) is 11.5. The number of hydrogen-bond donors (Lipinski definition) is 2. The number of carbonyl (C=O) groups excluding carboxylic acids is 1. The number of aliphatic hydroxyl groups is 1. The predicted molar refractivity (Wildman–Crippen MR) is 157 cm³/mol. The number of aromatic nitrogens is 3. The molecule has 0 bridgehead atoms. The summed E-state index contributed by atoms with van der Waals surface area (Å²) < 4.78 is 7.36. The third-order valence-electron chi connectivity index (χ3n) is 8.20. The van der Waals surface area contributed by atoms with Crippen LogP contribution in [0.25, 0.3) is 22.2 Å². The number of hydrogen-bond acceptors (Lipinski definition) is 4. The fourth-order valence-corrected chi connectivity index (χ4v) is 6.30. The Morgan fingerprint density at radius 2 is 1.80 bits per heavy atom. The second kappa shape index (κ2) is 11.5. The molecule has 1 aliphatic carbocycles. The van der Waals surface area contributed by atoms with E-state index in [0.29, 0.717) is 18.0 Å². The number of imidazole rings is 1. The van der Waals surface area contributed by atoms with Gasteiger partial charge in [-0.1, -0.05) is 79.9 Å². The fourth-order valence-electron chi connectivity index (χ4n) is 6.30. The van der Waals surface area contributed by atoms with Crippen molar-refractivity contribution in [3.05, 3.63) is 113 Å². The first-order valence-corrected chi connectivity index (χ1v) is 14.2. The van der Waals surface area contributed by atoms with Crippen molar-refractivity contribution in [2.75, 3.05) is 7.11 Å². The first-order chi connectivity index (χ1) is 19.7. The molecule has 0 atom stereocenters. The van der Waals surface area contributed by atoms with Crippen molar-refractivity contribution in [2.45, 2.75) is 57.6 Å². The van der Waals surface area contributed by atoms with Crippen LogP contribution in [0.2, 0.25) is 0 Å². The molecule has 0 aliphatic heterocycles. The molecule has 204 valence electrons. The van der Waals surface area contributed by atoms with E-state index in [9.17, 15) is 9.90 Å². The van der Waals surface area contributed by atoms with Crippen LogP contribution in [-0.2, 0) is 24.3 Å². The van der Waals surface area contributed by atoms with Gasteiger partial charge in [0.05, 0.1) is 42.7 Å². The van der Waals surface area contributed by atoms with Gasteiger partial charge in [0.15, 0.2) is 0 Å². The number of ether oxygens (including phenoxy) is 1.